The molecule has 0 unspecified atom stereocenters. The van der Waals surface area contributed by atoms with Crippen LogP contribution in [0.5, 0.6) is 0 Å². The van der Waals surface area contributed by atoms with E-state index in [9.17, 15) is 18.3 Å². The Morgan fingerprint density at radius 3 is 2.44 bits per heavy atom. The Morgan fingerprint density at radius 2 is 1.84 bits per heavy atom. The minimum Gasteiger partial charge on any atom is -0.478 e. The first-order chi connectivity index (χ1) is 12.0. The van der Waals surface area contributed by atoms with Crippen LogP contribution in [0, 0.1) is 0 Å². The van der Waals surface area contributed by atoms with E-state index in [1.165, 1.54) is 23.9 Å². The molecule has 2 aromatic carbocycles. The number of hydrogen-bond donors (Lipinski definition) is 4. The van der Waals surface area contributed by atoms with Gasteiger partial charge in [-0.2, -0.15) is 0 Å². The van der Waals surface area contributed by atoms with Crippen LogP contribution < -0.4 is 10.0 Å². The van der Waals surface area contributed by atoms with Crippen LogP contribution in [0.25, 0.3) is 0 Å². The molecule has 0 aliphatic heterocycles. The second-order valence-electron chi connectivity index (χ2n) is 5.27. The van der Waals surface area contributed by atoms with Crippen LogP contribution in [0.4, 0.5) is 11.4 Å². The van der Waals surface area contributed by atoms with Gasteiger partial charge < -0.3 is 10.4 Å². The quantitative estimate of drug-likeness (QED) is 0.391. The molecule has 0 fully saturated rings. The summed E-state index contributed by atoms with van der Waals surface area (Å²) in [5.74, 6) is -1.11. The molecule has 8 heteroatoms. The molecule has 6 nitrogen and oxygen atoms in total. The molecule has 0 bridgehead atoms. The van der Waals surface area contributed by atoms with E-state index in [2.05, 4.69) is 17.0 Å². The van der Waals surface area contributed by atoms with Gasteiger partial charge in [0.1, 0.15) is 0 Å². The number of unbranched alkanes of at least 4 members (excludes halogenated alkanes) is 1. The van der Waals surface area contributed by atoms with Gasteiger partial charge in [-0.3, -0.25) is 4.72 Å². The lowest BCUT2D eigenvalue weighted by atomic mass is 10.1. The van der Waals surface area contributed by atoms with Crippen LogP contribution >= 0.6 is 11.8 Å². The number of nitrogens with one attached hydrogen (secondary N) is 2. The van der Waals surface area contributed by atoms with Crippen LogP contribution in [0.1, 0.15) is 30.1 Å². The zero-order valence-electron chi connectivity index (χ0n) is 13.7. The Hall–Kier alpha value is -2.19. The molecular weight excluding hydrogens is 360 g/mol. The molecule has 0 aromatic heterocycles. The number of anilines is 2. The van der Waals surface area contributed by atoms with Crippen molar-refractivity contribution in [2.75, 3.05) is 16.6 Å². The third-order valence-corrected chi connectivity index (χ3v) is 4.93. The van der Waals surface area contributed by atoms with Crippen molar-refractivity contribution in [3.05, 3.63) is 48.0 Å². The molecule has 0 amide bonds. The maximum Gasteiger partial charge on any atom is 0.335 e. The number of thiol groups is 1. The van der Waals surface area contributed by atoms with Gasteiger partial charge in [0.2, 0.25) is 10.9 Å². The maximum atomic E-state index is 11.4. The van der Waals surface area contributed by atoms with Crippen molar-refractivity contribution < 1.29 is 18.3 Å². The van der Waals surface area contributed by atoms with E-state index >= 15 is 0 Å². The summed E-state index contributed by atoms with van der Waals surface area (Å²) >= 11 is 1.38. The smallest absolute Gasteiger partial charge is 0.335 e. The molecule has 0 heterocycles. The van der Waals surface area contributed by atoms with Gasteiger partial charge in [-0.25, -0.2) is 13.2 Å². The molecule has 0 radical (unpaired) electrons. The fourth-order valence-electron chi connectivity index (χ4n) is 2.18. The Balaban J connectivity index is 2.50. The van der Waals surface area contributed by atoms with Crippen molar-refractivity contribution in [3.63, 3.8) is 0 Å². The molecule has 0 aliphatic rings. The van der Waals surface area contributed by atoms with Crippen LogP contribution in [-0.2, 0) is 10.9 Å². The lowest BCUT2D eigenvalue weighted by Crippen LogP contribution is -2.08. The molecule has 0 saturated carbocycles. The molecule has 0 spiro atoms. The molecule has 2 rings (SSSR count). The average Bonchev–Trinajstić information content (AvgIpc) is 2.57. The minimum absolute atomic E-state index is 0.0239. The molecule has 0 aliphatic carbocycles. The number of carboxylic acids is 1. The van der Waals surface area contributed by atoms with Crippen LogP contribution in [0.2, 0.25) is 0 Å². The molecule has 134 valence electrons. The normalized spacial score (nSPS) is 10.6. The standard InChI is InChI=1S/C17H20N2O4S2/c1-2-3-9-18-14-10-12(17(20)21)11-15(19-25(22)23)16(14)24-13-7-5-4-6-8-13/h4-8,10-11,18,25H,2-3,9H2,1H3,(H,20,21)(H,19,22,23). The first-order valence-electron chi connectivity index (χ1n) is 7.80. The van der Waals surface area contributed by atoms with Crippen LogP contribution in [0.15, 0.2) is 52.3 Å². The van der Waals surface area contributed by atoms with Crippen molar-refractivity contribution in [1.29, 1.82) is 0 Å². The lowest BCUT2D eigenvalue weighted by Gasteiger charge is -2.16. The highest BCUT2D eigenvalue weighted by Crippen LogP contribution is 2.40. The van der Waals surface area contributed by atoms with Crippen molar-refractivity contribution in [2.24, 2.45) is 0 Å². The SMILES string of the molecule is CCCCNc1cc(C(=O)O)cc(N[SH](=O)=O)c1Sc1ccccc1. The van der Waals surface area contributed by atoms with Gasteiger partial charge in [-0.05, 0) is 30.7 Å². The van der Waals surface area contributed by atoms with Gasteiger partial charge in [0.15, 0.2) is 0 Å². The number of aromatic carboxylic acids is 1. The van der Waals surface area contributed by atoms with E-state index in [0.29, 0.717) is 17.1 Å². The third kappa shape index (κ3) is 5.68. The largest absolute Gasteiger partial charge is 0.478 e. The van der Waals surface area contributed by atoms with Crippen molar-refractivity contribution in [1.82, 2.24) is 0 Å². The van der Waals surface area contributed by atoms with Gasteiger partial charge in [0.05, 0.1) is 21.8 Å². The molecule has 2 aromatic rings. The number of benzene rings is 2. The number of carbonyl (C=O) groups is 1. The topological polar surface area (TPSA) is 95.5 Å². The second-order valence-corrected chi connectivity index (χ2v) is 7.09. The monoisotopic (exact) mass is 380 g/mol. The summed E-state index contributed by atoms with van der Waals surface area (Å²) in [6.07, 6.45) is 1.91. The van der Waals surface area contributed by atoms with Crippen molar-refractivity contribution in [3.8, 4) is 0 Å². The number of rotatable bonds is 9. The third-order valence-electron chi connectivity index (χ3n) is 3.36. The zero-order valence-corrected chi connectivity index (χ0v) is 15.4. The highest BCUT2D eigenvalue weighted by atomic mass is 32.2. The predicted octanol–water partition coefficient (Wildman–Crippen LogP) is 3.69. The fourth-order valence-corrected chi connectivity index (χ4v) is 3.62. The van der Waals surface area contributed by atoms with Crippen molar-refractivity contribution in [2.45, 2.75) is 29.6 Å². The summed E-state index contributed by atoms with van der Waals surface area (Å²) in [7, 11) is -2.91. The summed E-state index contributed by atoms with van der Waals surface area (Å²) < 4.78 is 24.7. The van der Waals surface area contributed by atoms with Crippen LogP contribution in [-0.4, -0.2) is 26.0 Å². The highest BCUT2D eigenvalue weighted by molar-refractivity contribution is 7.99. The molecule has 0 saturated heterocycles. The highest BCUT2D eigenvalue weighted by Gasteiger charge is 2.16. The molecule has 0 atom stereocenters. The summed E-state index contributed by atoms with van der Waals surface area (Å²) in [6, 6.07) is 12.4. The Labute approximate surface area is 152 Å². The molecule has 3 N–H and O–H groups in total. The molecule has 25 heavy (non-hydrogen) atoms. The summed E-state index contributed by atoms with van der Waals surface area (Å²) in [6.45, 7) is 2.73. The zero-order chi connectivity index (χ0) is 18.2. The Kier molecular flexibility index (Phi) is 7.15. The summed E-state index contributed by atoms with van der Waals surface area (Å²) in [4.78, 5) is 12.9. The first kappa shape index (κ1) is 19.1. The van der Waals surface area contributed by atoms with E-state index in [1.54, 1.807) is 0 Å². The Morgan fingerprint density at radius 1 is 1.16 bits per heavy atom. The predicted molar refractivity (Wildman–Crippen MR) is 101 cm³/mol. The average molecular weight is 380 g/mol. The summed E-state index contributed by atoms with van der Waals surface area (Å²) in [5.41, 5.74) is 0.876. The second kappa shape index (κ2) is 9.33. The summed E-state index contributed by atoms with van der Waals surface area (Å²) in [5, 5.41) is 12.5. The Bertz CT molecular complexity index is 800. The van der Waals surface area contributed by atoms with Gasteiger partial charge in [0, 0.05) is 11.4 Å². The first-order valence-corrected chi connectivity index (χ1v) is 9.79. The number of carboxylic acid groups (broad SMARTS) is 1. The van der Waals surface area contributed by atoms with Gasteiger partial charge >= 0.3 is 5.97 Å². The van der Waals surface area contributed by atoms with Crippen molar-refractivity contribution >= 4 is 40.0 Å². The minimum atomic E-state index is -2.91. The fraction of sp³-hybridized carbons (Fsp3) is 0.235. The van der Waals surface area contributed by atoms with Crippen LogP contribution in [0.3, 0.4) is 0 Å². The molecular formula is C17H20N2O4S2. The van der Waals surface area contributed by atoms with Gasteiger partial charge in [-0.1, -0.05) is 43.3 Å². The van der Waals surface area contributed by atoms with Gasteiger partial charge in [-0.15, -0.1) is 0 Å². The maximum absolute atomic E-state index is 11.4. The number of hydrogen-bond acceptors (Lipinski definition) is 5. The van der Waals surface area contributed by atoms with E-state index in [1.807, 2.05) is 30.3 Å². The van der Waals surface area contributed by atoms with E-state index < -0.39 is 16.9 Å². The van der Waals surface area contributed by atoms with E-state index in [4.69, 9.17) is 0 Å². The van der Waals surface area contributed by atoms with E-state index in [0.717, 1.165) is 17.7 Å². The lowest BCUT2D eigenvalue weighted by molar-refractivity contribution is 0.0697. The van der Waals surface area contributed by atoms with E-state index in [-0.39, 0.29) is 11.3 Å². The van der Waals surface area contributed by atoms with Gasteiger partial charge in [0.25, 0.3) is 0 Å².